The van der Waals surface area contributed by atoms with Crippen LogP contribution >= 0.6 is 0 Å². The Bertz CT molecular complexity index is 344. The predicted octanol–water partition coefficient (Wildman–Crippen LogP) is 2.31. The van der Waals surface area contributed by atoms with Crippen LogP contribution in [0.15, 0.2) is 42.2 Å². The first-order chi connectivity index (χ1) is 7.27. The molecular formula is C12H15NO2. The molecular weight excluding hydrogens is 190 g/mol. The van der Waals surface area contributed by atoms with E-state index >= 15 is 0 Å². The highest BCUT2D eigenvalue weighted by Crippen LogP contribution is 2.08. The molecule has 2 N–H and O–H groups in total. The lowest BCUT2D eigenvalue weighted by atomic mass is 10.2. The van der Waals surface area contributed by atoms with Gasteiger partial charge >= 0.3 is 0 Å². The van der Waals surface area contributed by atoms with Gasteiger partial charge in [0.1, 0.15) is 5.76 Å². The van der Waals surface area contributed by atoms with Gasteiger partial charge in [-0.15, -0.1) is 0 Å². The summed E-state index contributed by atoms with van der Waals surface area (Å²) in [5, 5.41) is 16.5. The van der Waals surface area contributed by atoms with Crippen molar-refractivity contribution in [2.45, 2.75) is 13.3 Å². The minimum atomic E-state index is 0.0295. The second-order valence-corrected chi connectivity index (χ2v) is 3.03. The fraction of sp³-hybridized carbons (Fsp3) is 0.250. The molecule has 0 amide bonds. The van der Waals surface area contributed by atoms with Crippen molar-refractivity contribution >= 4 is 5.90 Å². The van der Waals surface area contributed by atoms with E-state index in [-0.39, 0.29) is 12.5 Å². The third-order valence-corrected chi connectivity index (χ3v) is 1.95. The molecule has 0 spiro atoms. The van der Waals surface area contributed by atoms with E-state index < -0.39 is 0 Å². The first-order valence-electron chi connectivity index (χ1n) is 4.85. The normalized spacial score (nSPS) is 11.2. The van der Waals surface area contributed by atoms with E-state index in [0.717, 1.165) is 5.56 Å². The SMILES string of the molecule is C/C=C(\CCO)OC(=N)c1ccccc1. The summed E-state index contributed by atoms with van der Waals surface area (Å²) in [6, 6.07) is 9.23. The Hall–Kier alpha value is -1.61. The highest BCUT2D eigenvalue weighted by Gasteiger charge is 2.04. The number of allylic oxidation sites excluding steroid dienone is 1. The van der Waals surface area contributed by atoms with Gasteiger partial charge in [0.25, 0.3) is 0 Å². The number of hydrogen-bond donors (Lipinski definition) is 2. The van der Waals surface area contributed by atoms with Gasteiger partial charge in [-0.1, -0.05) is 18.2 Å². The minimum absolute atomic E-state index is 0.0295. The zero-order valence-electron chi connectivity index (χ0n) is 8.73. The van der Waals surface area contributed by atoms with Crippen molar-refractivity contribution in [1.82, 2.24) is 0 Å². The van der Waals surface area contributed by atoms with E-state index in [1.54, 1.807) is 6.08 Å². The van der Waals surface area contributed by atoms with E-state index in [1.807, 2.05) is 37.3 Å². The lowest BCUT2D eigenvalue weighted by Gasteiger charge is -2.09. The summed E-state index contributed by atoms with van der Waals surface area (Å²) in [4.78, 5) is 0. The Labute approximate surface area is 89.5 Å². The molecule has 0 atom stereocenters. The van der Waals surface area contributed by atoms with E-state index in [0.29, 0.717) is 12.2 Å². The molecule has 0 bridgehead atoms. The van der Waals surface area contributed by atoms with E-state index in [2.05, 4.69) is 0 Å². The maximum absolute atomic E-state index is 8.76. The summed E-state index contributed by atoms with van der Waals surface area (Å²) in [5.41, 5.74) is 0.731. The van der Waals surface area contributed by atoms with Crippen LogP contribution in [0.3, 0.4) is 0 Å². The van der Waals surface area contributed by atoms with E-state index in [1.165, 1.54) is 0 Å². The maximum Gasteiger partial charge on any atom is 0.218 e. The maximum atomic E-state index is 8.76. The molecule has 1 aromatic rings. The topological polar surface area (TPSA) is 53.3 Å². The van der Waals surface area contributed by atoms with E-state index in [9.17, 15) is 0 Å². The Morgan fingerprint density at radius 2 is 2.07 bits per heavy atom. The molecule has 0 unspecified atom stereocenters. The van der Waals surface area contributed by atoms with Gasteiger partial charge in [0, 0.05) is 12.0 Å². The van der Waals surface area contributed by atoms with Crippen LogP contribution in [-0.2, 0) is 4.74 Å². The number of aliphatic hydroxyl groups is 1. The molecule has 1 rings (SSSR count). The van der Waals surface area contributed by atoms with Gasteiger partial charge < -0.3 is 9.84 Å². The summed E-state index contributed by atoms with van der Waals surface area (Å²) in [6.07, 6.45) is 2.19. The third-order valence-electron chi connectivity index (χ3n) is 1.95. The van der Waals surface area contributed by atoms with Crippen LogP contribution in [0.1, 0.15) is 18.9 Å². The fourth-order valence-corrected chi connectivity index (χ4v) is 1.14. The smallest absolute Gasteiger partial charge is 0.218 e. The van der Waals surface area contributed by atoms with Gasteiger partial charge in [0.2, 0.25) is 5.90 Å². The van der Waals surface area contributed by atoms with Crippen molar-refractivity contribution in [2.24, 2.45) is 0 Å². The van der Waals surface area contributed by atoms with Gasteiger partial charge in [-0.05, 0) is 25.1 Å². The predicted molar refractivity (Wildman–Crippen MR) is 59.8 cm³/mol. The van der Waals surface area contributed by atoms with Gasteiger partial charge in [0.05, 0.1) is 6.61 Å². The molecule has 0 fully saturated rings. The van der Waals surface area contributed by atoms with Crippen molar-refractivity contribution in [3.63, 3.8) is 0 Å². The second kappa shape index (κ2) is 5.98. The van der Waals surface area contributed by atoms with Crippen LogP contribution in [0.4, 0.5) is 0 Å². The van der Waals surface area contributed by atoms with Gasteiger partial charge in [-0.2, -0.15) is 0 Å². The number of hydrogen-bond acceptors (Lipinski definition) is 3. The highest BCUT2D eigenvalue weighted by atomic mass is 16.5. The molecule has 0 aromatic heterocycles. The second-order valence-electron chi connectivity index (χ2n) is 3.03. The Morgan fingerprint density at radius 3 is 2.60 bits per heavy atom. The molecule has 15 heavy (non-hydrogen) atoms. The van der Waals surface area contributed by atoms with Crippen molar-refractivity contribution in [1.29, 1.82) is 5.41 Å². The molecule has 3 heteroatoms. The Kier molecular flexibility index (Phi) is 4.57. The molecule has 3 nitrogen and oxygen atoms in total. The minimum Gasteiger partial charge on any atom is -0.444 e. The highest BCUT2D eigenvalue weighted by molar-refractivity contribution is 5.92. The largest absolute Gasteiger partial charge is 0.444 e. The summed E-state index contributed by atoms with van der Waals surface area (Å²) >= 11 is 0. The zero-order valence-corrected chi connectivity index (χ0v) is 8.73. The number of rotatable bonds is 4. The molecule has 0 aliphatic heterocycles. The lowest BCUT2D eigenvalue weighted by molar-refractivity contribution is 0.270. The summed E-state index contributed by atoms with van der Waals surface area (Å²) in [7, 11) is 0. The summed E-state index contributed by atoms with van der Waals surface area (Å²) in [5.74, 6) is 0.725. The quantitative estimate of drug-likeness (QED) is 0.450. The van der Waals surface area contributed by atoms with Gasteiger partial charge in [-0.25, -0.2) is 0 Å². The van der Waals surface area contributed by atoms with Crippen LogP contribution in [0.5, 0.6) is 0 Å². The summed E-state index contributed by atoms with van der Waals surface area (Å²) in [6.45, 7) is 1.85. The third kappa shape index (κ3) is 3.56. The fourth-order valence-electron chi connectivity index (χ4n) is 1.14. The molecule has 80 valence electrons. The zero-order chi connectivity index (χ0) is 11.1. The molecule has 0 saturated heterocycles. The van der Waals surface area contributed by atoms with Crippen molar-refractivity contribution in [2.75, 3.05) is 6.61 Å². The van der Waals surface area contributed by atoms with Crippen LogP contribution in [0.25, 0.3) is 0 Å². The Balaban J connectivity index is 2.63. The average Bonchev–Trinajstić information content (AvgIpc) is 2.29. The van der Waals surface area contributed by atoms with Gasteiger partial charge in [-0.3, -0.25) is 5.41 Å². The number of benzene rings is 1. The molecule has 0 radical (unpaired) electrons. The molecule has 0 heterocycles. The monoisotopic (exact) mass is 205 g/mol. The van der Waals surface area contributed by atoms with E-state index in [4.69, 9.17) is 15.3 Å². The van der Waals surface area contributed by atoms with Crippen molar-refractivity contribution < 1.29 is 9.84 Å². The first kappa shape index (κ1) is 11.5. The number of ether oxygens (including phenoxy) is 1. The molecule has 0 aliphatic carbocycles. The van der Waals surface area contributed by atoms with Crippen molar-refractivity contribution in [3.8, 4) is 0 Å². The number of nitrogens with one attached hydrogen (secondary N) is 1. The first-order valence-corrected chi connectivity index (χ1v) is 4.85. The molecule has 1 aromatic carbocycles. The Morgan fingerprint density at radius 1 is 1.40 bits per heavy atom. The lowest BCUT2D eigenvalue weighted by Crippen LogP contribution is -2.05. The van der Waals surface area contributed by atoms with Crippen LogP contribution in [-0.4, -0.2) is 17.6 Å². The van der Waals surface area contributed by atoms with Crippen LogP contribution < -0.4 is 0 Å². The molecule has 0 saturated carbocycles. The molecule has 0 aliphatic rings. The number of aliphatic hydroxyl groups excluding tert-OH is 1. The van der Waals surface area contributed by atoms with Crippen molar-refractivity contribution in [3.05, 3.63) is 47.7 Å². The van der Waals surface area contributed by atoms with Gasteiger partial charge in [0.15, 0.2) is 0 Å². The average molecular weight is 205 g/mol. The standard InChI is InChI=1S/C12H15NO2/c1-2-11(8-9-14)15-12(13)10-6-4-3-5-7-10/h2-7,13-14H,8-9H2,1H3/b11-2+,13-12?. The summed E-state index contributed by atoms with van der Waals surface area (Å²) < 4.78 is 5.31. The van der Waals surface area contributed by atoms with Crippen LogP contribution in [0.2, 0.25) is 0 Å². The van der Waals surface area contributed by atoms with Crippen LogP contribution in [0, 0.1) is 5.41 Å².